The number of hydrogen-bond donors (Lipinski definition) is 0. The second kappa shape index (κ2) is 5.11. The number of pyridine rings is 1. The number of aromatic nitrogens is 1. The Morgan fingerprint density at radius 3 is 2.63 bits per heavy atom. The number of quaternary nitrogens is 1. The molecule has 0 spiro atoms. The van der Waals surface area contributed by atoms with E-state index in [-0.39, 0.29) is 0 Å². The van der Waals surface area contributed by atoms with Gasteiger partial charge in [-0.3, -0.25) is 9.47 Å². The average molecular weight is 255 g/mol. The summed E-state index contributed by atoms with van der Waals surface area (Å²) in [5.41, 5.74) is 3.56. The van der Waals surface area contributed by atoms with Crippen molar-refractivity contribution in [1.29, 1.82) is 0 Å². The van der Waals surface area contributed by atoms with Crippen LogP contribution in [0.2, 0.25) is 0 Å². The second-order valence-corrected chi connectivity index (χ2v) is 5.22. The van der Waals surface area contributed by atoms with Crippen molar-refractivity contribution in [2.45, 2.75) is 0 Å². The van der Waals surface area contributed by atoms with E-state index in [1.165, 1.54) is 11.3 Å². The lowest BCUT2D eigenvalue weighted by Gasteiger charge is -2.37. The molecular weight excluding hydrogens is 236 g/mol. The zero-order valence-corrected chi connectivity index (χ0v) is 11.2. The molecule has 3 nitrogen and oxygen atoms in total. The Morgan fingerprint density at radius 2 is 1.89 bits per heavy atom. The molecule has 1 aliphatic rings. The molecule has 98 valence electrons. The molecule has 1 aliphatic heterocycles. The molecule has 0 radical (unpaired) electrons. The van der Waals surface area contributed by atoms with Crippen LogP contribution >= 0.6 is 0 Å². The van der Waals surface area contributed by atoms with Crippen LogP contribution in [0.15, 0.2) is 48.7 Å². The minimum absolute atomic E-state index is 0.838. The summed E-state index contributed by atoms with van der Waals surface area (Å²) in [6.07, 6.45) is 1.84. The van der Waals surface area contributed by atoms with Crippen molar-refractivity contribution in [1.82, 2.24) is 9.47 Å². The number of benzene rings is 1. The van der Waals surface area contributed by atoms with Gasteiger partial charge in [-0.1, -0.05) is 18.2 Å². The zero-order valence-electron chi connectivity index (χ0n) is 11.2. The predicted octanol–water partition coefficient (Wildman–Crippen LogP) is 2.72. The van der Waals surface area contributed by atoms with Gasteiger partial charge in [-0.2, -0.15) is 0 Å². The Bertz CT molecular complexity index is 548. The van der Waals surface area contributed by atoms with Gasteiger partial charge in [0.1, 0.15) is 18.8 Å². The number of morpholine rings is 1. The number of nitrogens with zero attached hydrogens (tertiary/aromatic N) is 2. The van der Waals surface area contributed by atoms with Gasteiger partial charge in [0, 0.05) is 17.8 Å². The molecule has 0 N–H and O–H groups in total. The molecule has 1 saturated heterocycles. The van der Waals surface area contributed by atoms with Crippen LogP contribution < -0.4 is 4.48 Å². The first-order chi connectivity index (χ1) is 9.28. The first kappa shape index (κ1) is 12.3. The molecule has 1 aromatic heterocycles. The molecule has 1 aromatic carbocycles. The number of ether oxygens (including phenoxy) is 1. The van der Waals surface area contributed by atoms with E-state index in [9.17, 15) is 0 Å². The lowest BCUT2D eigenvalue weighted by atomic mass is 10.1. The Morgan fingerprint density at radius 1 is 1.05 bits per heavy atom. The lowest BCUT2D eigenvalue weighted by Crippen LogP contribution is -2.53. The van der Waals surface area contributed by atoms with Crippen molar-refractivity contribution in [3.8, 4) is 11.3 Å². The van der Waals surface area contributed by atoms with Gasteiger partial charge < -0.3 is 4.74 Å². The van der Waals surface area contributed by atoms with Gasteiger partial charge in [0.15, 0.2) is 0 Å². The van der Waals surface area contributed by atoms with Crippen LogP contribution in [-0.2, 0) is 4.74 Å². The largest absolute Gasteiger partial charge is 0.370 e. The van der Waals surface area contributed by atoms with E-state index in [0.717, 1.165) is 36.5 Å². The number of likely N-dealkylation sites (N-methyl/N-ethyl adjacent to an activating group) is 1. The SMILES string of the molecule is C[N+]1(c2cccc(-c3ccccn3)c2)CCOCC1. The summed E-state index contributed by atoms with van der Waals surface area (Å²) in [4.78, 5) is 4.43. The van der Waals surface area contributed by atoms with E-state index in [2.05, 4.69) is 42.4 Å². The van der Waals surface area contributed by atoms with Crippen molar-refractivity contribution in [3.63, 3.8) is 0 Å². The molecule has 3 rings (SSSR count). The maximum absolute atomic E-state index is 5.47. The molecule has 0 atom stereocenters. The van der Waals surface area contributed by atoms with Gasteiger partial charge >= 0.3 is 0 Å². The van der Waals surface area contributed by atoms with E-state index in [4.69, 9.17) is 4.74 Å². The fourth-order valence-electron chi connectivity index (χ4n) is 2.54. The normalized spacial score (nSPS) is 18.2. The van der Waals surface area contributed by atoms with Crippen LogP contribution in [0.1, 0.15) is 0 Å². The maximum Gasteiger partial charge on any atom is 0.133 e. The van der Waals surface area contributed by atoms with Crippen molar-refractivity contribution in [2.75, 3.05) is 33.4 Å². The van der Waals surface area contributed by atoms with Crippen LogP contribution in [0.25, 0.3) is 11.3 Å². The van der Waals surface area contributed by atoms with Crippen LogP contribution in [0, 0.1) is 0 Å². The lowest BCUT2D eigenvalue weighted by molar-refractivity contribution is 0.0526. The zero-order chi connectivity index (χ0) is 13.1. The topological polar surface area (TPSA) is 22.1 Å². The van der Waals surface area contributed by atoms with Gasteiger partial charge in [0.05, 0.1) is 26.0 Å². The average Bonchev–Trinajstić information content (AvgIpc) is 2.49. The van der Waals surface area contributed by atoms with Crippen LogP contribution in [0.4, 0.5) is 5.69 Å². The molecular formula is C16H19N2O+. The Kier molecular flexibility index (Phi) is 3.32. The third kappa shape index (κ3) is 2.53. The van der Waals surface area contributed by atoms with E-state index < -0.39 is 0 Å². The second-order valence-electron chi connectivity index (χ2n) is 5.22. The van der Waals surface area contributed by atoms with Gasteiger partial charge in [-0.25, -0.2) is 0 Å². The van der Waals surface area contributed by atoms with Crippen LogP contribution in [0.3, 0.4) is 0 Å². The molecule has 3 heteroatoms. The standard InChI is InChI=1S/C16H19N2O/c1-18(9-11-19-12-10-18)15-6-4-5-14(13-15)16-7-2-3-8-17-16/h2-8,13H,9-12H2,1H3/q+1. The smallest absolute Gasteiger partial charge is 0.133 e. The van der Waals surface area contributed by atoms with E-state index in [1.54, 1.807) is 0 Å². The summed E-state index contributed by atoms with van der Waals surface area (Å²) in [5.74, 6) is 0. The first-order valence-corrected chi connectivity index (χ1v) is 6.72. The fourth-order valence-corrected chi connectivity index (χ4v) is 2.54. The molecule has 2 heterocycles. The summed E-state index contributed by atoms with van der Waals surface area (Å²) < 4.78 is 6.42. The van der Waals surface area contributed by atoms with Gasteiger partial charge in [-0.15, -0.1) is 0 Å². The molecule has 0 saturated carbocycles. The molecule has 0 bridgehead atoms. The predicted molar refractivity (Wildman–Crippen MR) is 77.9 cm³/mol. The molecule has 1 fully saturated rings. The summed E-state index contributed by atoms with van der Waals surface area (Å²) in [7, 11) is 2.28. The monoisotopic (exact) mass is 255 g/mol. The minimum atomic E-state index is 0.838. The maximum atomic E-state index is 5.47. The molecule has 2 aromatic rings. The molecule has 19 heavy (non-hydrogen) atoms. The van der Waals surface area contributed by atoms with Crippen LogP contribution in [0.5, 0.6) is 0 Å². The summed E-state index contributed by atoms with van der Waals surface area (Å²) in [5, 5.41) is 0. The van der Waals surface area contributed by atoms with Gasteiger partial charge in [0.25, 0.3) is 0 Å². The van der Waals surface area contributed by atoms with E-state index in [0.29, 0.717) is 0 Å². The van der Waals surface area contributed by atoms with E-state index in [1.807, 2.05) is 18.3 Å². The highest BCUT2D eigenvalue weighted by atomic mass is 16.5. The summed E-state index contributed by atoms with van der Waals surface area (Å²) >= 11 is 0. The highest BCUT2D eigenvalue weighted by molar-refractivity contribution is 5.64. The fraction of sp³-hybridized carbons (Fsp3) is 0.312. The molecule has 0 amide bonds. The summed E-state index contributed by atoms with van der Waals surface area (Å²) in [6, 6.07) is 14.7. The first-order valence-electron chi connectivity index (χ1n) is 6.72. The third-order valence-electron chi connectivity index (χ3n) is 3.89. The third-order valence-corrected chi connectivity index (χ3v) is 3.89. The Labute approximate surface area is 114 Å². The molecule has 0 unspecified atom stereocenters. The van der Waals surface area contributed by atoms with Crippen molar-refractivity contribution < 1.29 is 4.74 Å². The Balaban J connectivity index is 1.96. The molecule has 0 aliphatic carbocycles. The minimum Gasteiger partial charge on any atom is -0.370 e. The summed E-state index contributed by atoms with van der Waals surface area (Å²) in [6.45, 7) is 3.74. The van der Waals surface area contributed by atoms with Gasteiger partial charge in [-0.05, 0) is 18.2 Å². The highest BCUT2D eigenvalue weighted by Crippen LogP contribution is 2.27. The van der Waals surface area contributed by atoms with Gasteiger partial charge in [0.2, 0.25) is 0 Å². The highest BCUT2D eigenvalue weighted by Gasteiger charge is 2.28. The quantitative estimate of drug-likeness (QED) is 0.770. The number of hydrogen-bond acceptors (Lipinski definition) is 2. The Hall–Kier alpha value is -1.71. The van der Waals surface area contributed by atoms with Crippen molar-refractivity contribution in [3.05, 3.63) is 48.7 Å². The van der Waals surface area contributed by atoms with Crippen molar-refractivity contribution in [2.24, 2.45) is 0 Å². The van der Waals surface area contributed by atoms with Crippen LogP contribution in [-0.4, -0.2) is 38.3 Å². The van der Waals surface area contributed by atoms with E-state index >= 15 is 0 Å². The number of rotatable bonds is 2. The van der Waals surface area contributed by atoms with Crippen molar-refractivity contribution >= 4 is 5.69 Å².